The van der Waals surface area contributed by atoms with E-state index in [1.807, 2.05) is 84.9 Å². The summed E-state index contributed by atoms with van der Waals surface area (Å²) < 4.78 is 0. The summed E-state index contributed by atoms with van der Waals surface area (Å²) >= 11 is 0. The second kappa shape index (κ2) is 11.7. The summed E-state index contributed by atoms with van der Waals surface area (Å²) in [6.07, 6.45) is 8.47. The monoisotopic (exact) mass is 620 g/mol. The Morgan fingerprint density at radius 1 is 0.479 bits per heavy atom. The Morgan fingerprint density at radius 3 is 1.46 bits per heavy atom. The van der Waals surface area contributed by atoms with Crippen molar-refractivity contribution in [2.45, 2.75) is 43.9 Å². The SMILES string of the molecule is N#Cc1ccc(-c2cc(-c3nc(-c4ccccc4)nc(-c4ccccc4)n3)ccc2-c2ccc(C34CC5CC(CC(C5)C3)C4)cc2)cc1. The van der Waals surface area contributed by atoms with Crippen molar-refractivity contribution in [2.75, 3.05) is 0 Å². The van der Waals surface area contributed by atoms with Gasteiger partial charge in [-0.15, -0.1) is 0 Å². The molecule has 0 N–H and O–H groups in total. The van der Waals surface area contributed by atoms with E-state index >= 15 is 0 Å². The van der Waals surface area contributed by atoms with Gasteiger partial charge >= 0.3 is 0 Å². The Kier molecular flexibility index (Phi) is 7.01. The molecule has 0 spiro atoms. The van der Waals surface area contributed by atoms with Crippen LogP contribution < -0.4 is 0 Å². The number of hydrogen-bond acceptors (Lipinski definition) is 4. The largest absolute Gasteiger partial charge is 0.208 e. The molecule has 1 heterocycles. The zero-order chi connectivity index (χ0) is 32.1. The van der Waals surface area contributed by atoms with E-state index < -0.39 is 0 Å². The highest BCUT2D eigenvalue weighted by molar-refractivity contribution is 5.87. The number of hydrogen-bond donors (Lipinski definition) is 0. The van der Waals surface area contributed by atoms with Gasteiger partial charge in [0.05, 0.1) is 11.6 Å². The molecule has 4 bridgehead atoms. The van der Waals surface area contributed by atoms with Gasteiger partial charge in [-0.3, -0.25) is 0 Å². The van der Waals surface area contributed by atoms with Crippen molar-refractivity contribution in [1.29, 1.82) is 5.26 Å². The first-order valence-electron chi connectivity index (χ1n) is 17.3. The number of nitrogens with zero attached hydrogens (tertiary/aromatic N) is 4. The fourth-order valence-corrected chi connectivity index (χ4v) is 9.30. The standard InChI is InChI=1S/C44H36N4/c45-28-29-11-13-34(14-12-29)40-24-37(43-47-41(35-7-3-1-4-8-35)46-42(48-43)36-9-5-2-6-10-36)17-20-39(40)33-15-18-38(19-16-33)44-25-30-21-31(26-44)23-32(22-30)27-44/h1-20,24,30-32H,21-23,25-27H2. The molecule has 4 saturated carbocycles. The van der Waals surface area contributed by atoms with Gasteiger partial charge in [-0.1, -0.05) is 109 Å². The highest BCUT2D eigenvalue weighted by atomic mass is 15.0. The van der Waals surface area contributed by atoms with Gasteiger partial charge in [0, 0.05) is 16.7 Å². The predicted octanol–water partition coefficient (Wildman–Crippen LogP) is 10.5. The van der Waals surface area contributed by atoms with Crippen LogP contribution in [0.5, 0.6) is 0 Å². The van der Waals surface area contributed by atoms with Gasteiger partial charge in [0.1, 0.15) is 0 Å². The Hall–Kier alpha value is -5.40. The normalized spacial score (nSPS) is 22.4. The minimum Gasteiger partial charge on any atom is -0.208 e. The van der Waals surface area contributed by atoms with Crippen molar-refractivity contribution < 1.29 is 0 Å². The van der Waals surface area contributed by atoms with Crippen molar-refractivity contribution in [3.05, 3.63) is 139 Å². The molecule has 48 heavy (non-hydrogen) atoms. The molecule has 0 amide bonds. The van der Waals surface area contributed by atoms with Crippen LogP contribution in [0.15, 0.2) is 127 Å². The molecule has 4 aliphatic rings. The molecule has 0 atom stereocenters. The second-order valence-corrected chi connectivity index (χ2v) is 14.3. The van der Waals surface area contributed by atoms with E-state index in [-0.39, 0.29) is 0 Å². The molecule has 0 radical (unpaired) electrons. The van der Waals surface area contributed by atoms with Crippen molar-refractivity contribution in [1.82, 2.24) is 15.0 Å². The van der Waals surface area contributed by atoms with E-state index in [1.54, 1.807) is 0 Å². The minimum absolute atomic E-state index is 0.374. The number of benzene rings is 5. The van der Waals surface area contributed by atoms with Crippen LogP contribution in [0.2, 0.25) is 0 Å². The highest BCUT2D eigenvalue weighted by Crippen LogP contribution is 2.60. The summed E-state index contributed by atoms with van der Waals surface area (Å²) in [5.74, 6) is 4.68. The zero-order valence-electron chi connectivity index (χ0n) is 26.9. The first-order valence-corrected chi connectivity index (χ1v) is 17.3. The molecule has 4 aliphatic carbocycles. The number of nitriles is 1. The van der Waals surface area contributed by atoms with Crippen LogP contribution >= 0.6 is 0 Å². The molecule has 6 aromatic rings. The van der Waals surface area contributed by atoms with Crippen molar-refractivity contribution in [2.24, 2.45) is 17.8 Å². The molecular formula is C44H36N4. The molecule has 4 heteroatoms. The van der Waals surface area contributed by atoms with Crippen molar-refractivity contribution in [3.63, 3.8) is 0 Å². The Morgan fingerprint density at radius 2 is 0.938 bits per heavy atom. The van der Waals surface area contributed by atoms with Crippen molar-refractivity contribution >= 4 is 0 Å². The molecule has 10 rings (SSSR count). The van der Waals surface area contributed by atoms with Crippen LogP contribution in [0.1, 0.15) is 49.7 Å². The maximum Gasteiger partial charge on any atom is 0.164 e. The Balaban J connectivity index is 1.15. The van der Waals surface area contributed by atoms with Gasteiger partial charge in [-0.25, -0.2) is 15.0 Å². The lowest BCUT2D eigenvalue weighted by atomic mass is 9.48. The Labute approximate surface area is 282 Å². The van der Waals surface area contributed by atoms with Gasteiger partial charge in [0.25, 0.3) is 0 Å². The number of aromatic nitrogens is 3. The predicted molar refractivity (Wildman–Crippen MR) is 192 cm³/mol. The fraction of sp³-hybridized carbons (Fsp3) is 0.227. The third kappa shape index (κ3) is 5.20. The van der Waals surface area contributed by atoms with Gasteiger partial charge in [0.15, 0.2) is 17.5 Å². The van der Waals surface area contributed by atoms with Crippen LogP contribution in [0, 0.1) is 29.1 Å². The average Bonchev–Trinajstić information content (AvgIpc) is 3.15. The van der Waals surface area contributed by atoms with E-state index in [2.05, 4.69) is 48.5 Å². The molecule has 1 aromatic heterocycles. The third-order valence-electron chi connectivity index (χ3n) is 11.1. The van der Waals surface area contributed by atoms with Gasteiger partial charge in [-0.05, 0) is 108 Å². The summed E-state index contributed by atoms with van der Waals surface area (Å²) in [5.41, 5.74) is 9.85. The molecule has 4 nitrogen and oxygen atoms in total. The smallest absolute Gasteiger partial charge is 0.164 e. The minimum atomic E-state index is 0.374. The Bertz CT molecular complexity index is 2050. The molecule has 0 unspecified atom stereocenters. The van der Waals surface area contributed by atoms with Crippen LogP contribution in [0.25, 0.3) is 56.4 Å². The van der Waals surface area contributed by atoms with E-state index in [4.69, 9.17) is 15.0 Å². The lowest BCUT2D eigenvalue weighted by Gasteiger charge is -2.57. The molecule has 0 saturated heterocycles. The molecule has 5 aromatic carbocycles. The quantitative estimate of drug-likeness (QED) is 0.186. The van der Waals surface area contributed by atoms with Crippen LogP contribution in [0.4, 0.5) is 0 Å². The van der Waals surface area contributed by atoms with Crippen molar-refractivity contribution in [3.8, 4) is 62.5 Å². The maximum absolute atomic E-state index is 9.51. The van der Waals surface area contributed by atoms with E-state index in [9.17, 15) is 5.26 Å². The van der Waals surface area contributed by atoms with Gasteiger partial charge in [0.2, 0.25) is 0 Å². The van der Waals surface area contributed by atoms with Gasteiger partial charge < -0.3 is 0 Å². The molecular weight excluding hydrogens is 585 g/mol. The number of rotatable bonds is 6. The zero-order valence-corrected chi connectivity index (χ0v) is 26.9. The van der Waals surface area contributed by atoms with Crippen LogP contribution in [-0.4, -0.2) is 15.0 Å². The van der Waals surface area contributed by atoms with E-state index in [0.29, 0.717) is 28.5 Å². The summed E-state index contributed by atoms with van der Waals surface area (Å²) in [4.78, 5) is 14.9. The summed E-state index contributed by atoms with van der Waals surface area (Å²) in [6.45, 7) is 0. The lowest BCUT2D eigenvalue weighted by Crippen LogP contribution is -2.48. The first kappa shape index (κ1) is 28.8. The second-order valence-electron chi connectivity index (χ2n) is 14.3. The van der Waals surface area contributed by atoms with Gasteiger partial charge in [-0.2, -0.15) is 5.26 Å². The third-order valence-corrected chi connectivity index (χ3v) is 11.1. The van der Waals surface area contributed by atoms with E-state index in [1.165, 1.54) is 49.7 Å². The van der Waals surface area contributed by atoms with Crippen LogP contribution in [0.3, 0.4) is 0 Å². The summed E-state index contributed by atoms with van der Waals surface area (Å²) in [5, 5.41) is 9.51. The summed E-state index contributed by atoms with van der Waals surface area (Å²) in [6, 6.07) is 46.4. The molecule has 232 valence electrons. The van der Waals surface area contributed by atoms with E-state index in [0.717, 1.165) is 51.1 Å². The fourth-order valence-electron chi connectivity index (χ4n) is 9.30. The summed E-state index contributed by atoms with van der Waals surface area (Å²) in [7, 11) is 0. The molecule has 0 aliphatic heterocycles. The highest BCUT2D eigenvalue weighted by Gasteiger charge is 2.51. The lowest BCUT2D eigenvalue weighted by molar-refractivity contribution is -0.00518. The maximum atomic E-state index is 9.51. The molecule has 4 fully saturated rings. The topological polar surface area (TPSA) is 62.5 Å². The van der Waals surface area contributed by atoms with Crippen LogP contribution in [-0.2, 0) is 5.41 Å². The first-order chi connectivity index (χ1) is 23.6. The average molecular weight is 621 g/mol.